The van der Waals surface area contributed by atoms with E-state index in [1.54, 1.807) is 12.4 Å². The molecule has 11 heteroatoms. The number of halogens is 3. The van der Waals surface area contributed by atoms with Gasteiger partial charge in [-0.15, -0.1) is 10.2 Å². The number of hydrogen-bond donors (Lipinski definition) is 1. The molecule has 6 rings (SSSR count). The standard InChI is InChI=1S/C28H31F3N6O2/c1-18(37-9-8-26(14-37)6-7-26)19-10-22(34-23(11-19)28(29,30)31)25(38)33-21-5-3-4-20(12-21)27(15-39-16-27)13-24-35-32-17-36(24)2/h3-5,10-12,17-18H,6-9,13-16H2,1-2H3,(H,33,38). The summed E-state index contributed by atoms with van der Waals surface area (Å²) in [6, 6.07) is 9.65. The van der Waals surface area contributed by atoms with Gasteiger partial charge in [-0.05, 0) is 73.5 Å². The van der Waals surface area contributed by atoms with Gasteiger partial charge in [-0.25, -0.2) is 4.98 Å². The highest BCUT2D eigenvalue weighted by Gasteiger charge is 2.48. The van der Waals surface area contributed by atoms with Crippen LogP contribution in [0.5, 0.6) is 0 Å². The molecule has 1 unspecified atom stereocenters. The summed E-state index contributed by atoms with van der Waals surface area (Å²) in [5.41, 5.74) is 0.582. The number of aromatic nitrogens is 4. The van der Waals surface area contributed by atoms with Gasteiger partial charge < -0.3 is 14.6 Å². The van der Waals surface area contributed by atoms with E-state index in [0.717, 1.165) is 37.0 Å². The third-order valence-electron chi connectivity index (χ3n) is 8.62. The van der Waals surface area contributed by atoms with Gasteiger partial charge in [-0.2, -0.15) is 13.2 Å². The van der Waals surface area contributed by atoms with E-state index in [1.807, 2.05) is 36.7 Å². The number of amides is 1. The van der Waals surface area contributed by atoms with Crippen molar-refractivity contribution in [2.24, 2.45) is 12.5 Å². The predicted octanol–water partition coefficient (Wildman–Crippen LogP) is 4.54. The molecule has 3 aromatic rings. The topological polar surface area (TPSA) is 85.2 Å². The second-order valence-corrected chi connectivity index (χ2v) is 11.4. The first-order valence-corrected chi connectivity index (χ1v) is 13.2. The van der Waals surface area contributed by atoms with Crippen molar-refractivity contribution >= 4 is 11.6 Å². The van der Waals surface area contributed by atoms with Crippen molar-refractivity contribution in [3.05, 3.63) is 71.1 Å². The van der Waals surface area contributed by atoms with E-state index >= 15 is 0 Å². The number of nitrogens with zero attached hydrogens (tertiary/aromatic N) is 5. The highest BCUT2D eigenvalue weighted by atomic mass is 19.4. The van der Waals surface area contributed by atoms with Crippen LogP contribution < -0.4 is 5.32 Å². The third-order valence-corrected chi connectivity index (χ3v) is 8.62. The lowest BCUT2D eigenvalue weighted by molar-refractivity contribution is -0.141. The minimum atomic E-state index is -4.66. The molecule has 1 amide bonds. The summed E-state index contributed by atoms with van der Waals surface area (Å²) in [4.78, 5) is 19.2. The molecule has 1 aliphatic carbocycles. The summed E-state index contributed by atoms with van der Waals surface area (Å²) in [5.74, 6) is 0.132. The number of carbonyl (C=O) groups excluding carboxylic acids is 1. The van der Waals surface area contributed by atoms with Gasteiger partial charge in [0.05, 0.1) is 13.2 Å². The Morgan fingerprint density at radius 2 is 1.97 bits per heavy atom. The van der Waals surface area contributed by atoms with Crippen molar-refractivity contribution in [3.63, 3.8) is 0 Å². The third kappa shape index (κ3) is 5.05. The lowest BCUT2D eigenvalue weighted by Gasteiger charge is -2.41. The minimum absolute atomic E-state index is 0.247. The molecule has 1 atom stereocenters. The second-order valence-electron chi connectivity index (χ2n) is 11.4. The van der Waals surface area contributed by atoms with Crippen LogP contribution in [0.4, 0.5) is 18.9 Å². The van der Waals surface area contributed by atoms with E-state index in [2.05, 4.69) is 25.4 Å². The maximum Gasteiger partial charge on any atom is 0.433 e. The zero-order chi connectivity index (χ0) is 27.4. The van der Waals surface area contributed by atoms with Crippen LogP contribution in [-0.2, 0) is 29.8 Å². The normalized spacial score (nSPS) is 20.5. The molecule has 0 radical (unpaired) electrons. The molecule has 1 N–H and O–H groups in total. The minimum Gasteiger partial charge on any atom is -0.379 e. The molecule has 1 saturated carbocycles. The molecule has 2 aliphatic heterocycles. The summed E-state index contributed by atoms with van der Waals surface area (Å²) < 4.78 is 48.8. The summed E-state index contributed by atoms with van der Waals surface area (Å²) in [7, 11) is 1.88. The second kappa shape index (κ2) is 9.41. The van der Waals surface area contributed by atoms with Crippen LogP contribution in [0.15, 0.2) is 42.7 Å². The molecule has 1 aromatic carbocycles. The van der Waals surface area contributed by atoms with Crippen LogP contribution in [-0.4, -0.2) is 56.9 Å². The molecular formula is C28H31F3N6O2. The van der Waals surface area contributed by atoms with Gasteiger partial charge in [-0.1, -0.05) is 12.1 Å². The molecule has 0 bridgehead atoms. The van der Waals surface area contributed by atoms with Crippen molar-refractivity contribution in [1.82, 2.24) is 24.6 Å². The smallest absolute Gasteiger partial charge is 0.379 e. The van der Waals surface area contributed by atoms with Gasteiger partial charge in [0.25, 0.3) is 5.91 Å². The zero-order valence-corrected chi connectivity index (χ0v) is 22.0. The lowest BCUT2D eigenvalue weighted by Crippen LogP contribution is -2.49. The largest absolute Gasteiger partial charge is 0.433 e. The molecule has 39 heavy (non-hydrogen) atoms. The van der Waals surface area contributed by atoms with Gasteiger partial charge in [0.15, 0.2) is 0 Å². The summed E-state index contributed by atoms with van der Waals surface area (Å²) in [6.45, 7) is 4.61. The van der Waals surface area contributed by atoms with Crippen LogP contribution >= 0.6 is 0 Å². The van der Waals surface area contributed by atoms with Crippen molar-refractivity contribution in [1.29, 1.82) is 0 Å². The van der Waals surface area contributed by atoms with Crippen molar-refractivity contribution < 1.29 is 22.7 Å². The number of nitrogens with one attached hydrogen (secondary N) is 1. The Bertz CT molecular complexity index is 1400. The van der Waals surface area contributed by atoms with Crippen LogP contribution in [0.1, 0.15) is 65.4 Å². The molecule has 3 aliphatic rings. The Morgan fingerprint density at radius 3 is 2.59 bits per heavy atom. The average molecular weight is 541 g/mol. The maximum absolute atomic E-state index is 13.8. The Morgan fingerprint density at radius 1 is 1.18 bits per heavy atom. The van der Waals surface area contributed by atoms with Crippen LogP contribution in [0.2, 0.25) is 0 Å². The van der Waals surface area contributed by atoms with E-state index in [0.29, 0.717) is 36.3 Å². The first-order valence-electron chi connectivity index (χ1n) is 13.2. The molecule has 3 fully saturated rings. The van der Waals surface area contributed by atoms with Crippen molar-refractivity contribution in [3.8, 4) is 0 Å². The number of ether oxygens (including phenoxy) is 1. The Balaban J connectivity index is 1.24. The average Bonchev–Trinajstić information content (AvgIpc) is 3.31. The Kier molecular flexibility index (Phi) is 6.26. The molecule has 2 saturated heterocycles. The number of carbonyl (C=O) groups is 1. The van der Waals surface area contributed by atoms with E-state index in [9.17, 15) is 18.0 Å². The van der Waals surface area contributed by atoms with Gasteiger partial charge in [-0.3, -0.25) is 9.69 Å². The molecule has 8 nitrogen and oxygen atoms in total. The van der Waals surface area contributed by atoms with Crippen LogP contribution in [0, 0.1) is 5.41 Å². The highest BCUT2D eigenvalue weighted by molar-refractivity contribution is 6.03. The molecular weight excluding hydrogens is 509 g/mol. The summed E-state index contributed by atoms with van der Waals surface area (Å²) in [5, 5.41) is 10.9. The molecule has 1 spiro atoms. The highest BCUT2D eigenvalue weighted by Crippen LogP contribution is 2.54. The van der Waals surface area contributed by atoms with E-state index < -0.39 is 17.8 Å². The van der Waals surface area contributed by atoms with E-state index in [-0.39, 0.29) is 17.2 Å². The van der Waals surface area contributed by atoms with Gasteiger partial charge in [0.2, 0.25) is 0 Å². The molecule has 2 aromatic heterocycles. The van der Waals surface area contributed by atoms with Crippen molar-refractivity contribution in [2.75, 3.05) is 31.6 Å². The quantitative estimate of drug-likeness (QED) is 0.474. The van der Waals surface area contributed by atoms with Gasteiger partial charge in [0, 0.05) is 37.2 Å². The number of likely N-dealkylation sites (tertiary alicyclic amines) is 1. The number of alkyl halides is 3. The molecule has 206 valence electrons. The number of pyridine rings is 1. The fourth-order valence-corrected chi connectivity index (χ4v) is 5.76. The Labute approximate surface area is 224 Å². The first kappa shape index (κ1) is 25.9. The predicted molar refractivity (Wildman–Crippen MR) is 137 cm³/mol. The molecule has 4 heterocycles. The zero-order valence-electron chi connectivity index (χ0n) is 22.0. The van der Waals surface area contributed by atoms with E-state index in [1.165, 1.54) is 18.9 Å². The van der Waals surface area contributed by atoms with Gasteiger partial charge >= 0.3 is 6.18 Å². The van der Waals surface area contributed by atoms with Gasteiger partial charge in [0.1, 0.15) is 23.5 Å². The SMILES string of the molecule is CC(c1cc(C(=O)Nc2cccc(C3(Cc4nncn4C)COC3)c2)nc(C(F)(F)F)c1)N1CCC2(CC2)C1. The van der Waals surface area contributed by atoms with Crippen molar-refractivity contribution in [2.45, 2.75) is 50.2 Å². The fraction of sp³-hybridized carbons (Fsp3) is 0.500. The number of aryl methyl sites for hydroxylation is 1. The maximum atomic E-state index is 13.8. The monoisotopic (exact) mass is 540 g/mol. The van der Waals surface area contributed by atoms with Crippen LogP contribution in [0.25, 0.3) is 0 Å². The van der Waals surface area contributed by atoms with Crippen LogP contribution in [0.3, 0.4) is 0 Å². The summed E-state index contributed by atoms with van der Waals surface area (Å²) >= 11 is 0. The number of benzene rings is 1. The lowest BCUT2D eigenvalue weighted by atomic mass is 9.75. The number of hydrogen-bond acceptors (Lipinski definition) is 6. The summed E-state index contributed by atoms with van der Waals surface area (Å²) in [6.07, 6.45) is 1.02. The number of rotatable bonds is 7. The first-order chi connectivity index (χ1) is 18.6. The fourth-order valence-electron chi connectivity index (χ4n) is 5.76. The van der Waals surface area contributed by atoms with E-state index in [4.69, 9.17) is 4.74 Å². The number of anilines is 1. The Hall–Kier alpha value is -3.31.